The summed E-state index contributed by atoms with van der Waals surface area (Å²) >= 11 is 5.97. The van der Waals surface area contributed by atoms with Gasteiger partial charge in [-0.1, -0.05) is 11.6 Å². The number of amides is 1. The summed E-state index contributed by atoms with van der Waals surface area (Å²) in [5.74, 6) is 0.0714. The van der Waals surface area contributed by atoms with Crippen LogP contribution in [0.1, 0.15) is 20.8 Å². The average Bonchev–Trinajstić information content (AvgIpc) is 3.03. The number of carbonyl (C=O) groups excluding carboxylic acids is 1. The monoisotopic (exact) mass is 389 g/mol. The number of fused-ring (bicyclic) bond motifs is 1. The fourth-order valence-corrected chi connectivity index (χ4v) is 2.85. The number of hydrogen-bond donors (Lipinski definition) is 1. The van der Waals surface area contributed by atoms with Crippen molar-refractivity contribution < 1.29 is 9.53 Å². The van der Waals surface area contributed by atoms with Gasteiger partial charge in [0.15, 0.2) is 5.65 Å². The zero-order valence-electron chi connectivity index (χ0n) is 15.5. The molecule has 142 valence electrons. The smallest absolute Gasteiger partial charge is 0.264 e. The first kappa shape index (κ1) is 18.9. The molecule has 0 unspecified atom stereocenters. The van der Waals surface area contributed by atoms with Crippen molar-refractivity contribution >= 4 is 34.2 Å². The molecular weight excluding hydrogens is 370 g/mol. The minimum absolute atomic E-state index is 0.196. The first-order valence-corrected chi connectivity index (χ1v) is 8.65. The van der Waals surface area contributed by atoms with E-state index in [1.165, 1.54) is 24.2 Å². The molecule has 3 aromatic rings. The number of ether oxygens (including phenoxy) is 1. The second-order valence-corrected chi connectivity index (χ2v) is 7.47. The number of nitrogens with one attached hydrogen (secondary N) is 1. The van der Waals surface area contributed by atoms with Gasteiger partial charge in [-0.05, 0) is 39.0 Å². The Balaban J connectivity index is 1.87. The van der Waals surface area contributed by atoms with Crippen LogP contribution in [0.3, 0.4) is 0 Å². The van der Waals surface area contributed by atoms with Crippen LogP contribution in [-0.4, -0.2) is 32.3 Å². The van der Waals surface area contributed by atoms with Gasteiger partial charge in [0, 0.05) is 5.02 Å². The number of halogens is 1. The predicted molar refractivity (Wildman–Crippen MR) is 103 cm³/mol. The third-order valence-corrected chi connectivity index (χ3v) is 4.17. The number of carbonyl (C=O) groups is 1. The molecule has 2 aromatic heterocycles. The summed E-state index contributed by atoms with van der Waals surface area (Å²) in [4.78, 5) is 29.4. The molecule has 8 nitrogen and oxygen atoms in total. The van der Waals surface area contributed by atoms with E-state index in [1.54, 1.807) is 22.9 Å². The average molecular weight is 390 g/mol. The third-order valence-electron chi connectivity index (χ3n) is 3.94. The Labute approximate surface area is 160 Å². The largest absolute Gasteiger partial charge is 0.495 e. The van der Waals surface area contributed by atoms with Crippen LogP contribution in [0.25, 0.3) is 11.0 Å². The molecule has 0 saturated heterocycles. The lowest BCUT2D eigenvalue weighted by atomic mass is 10.1. The molecule has 3 rings (SSSR count). The van der Waals surface area contributed by atoms with E-state index in [-0.39, 0.29) is 17.6 Å². The summed E-state index contributed by atoms with van der Waals surface area (Å²) in [5.41, 5.74) is 0.274. The molecule has 0 saturated carbocycles. The zero-order chi connectivity index (χ0) is 19.8. The van der Waals surface area contributed by atoms with Crippen LogP contribution in [0.5, 0.6) is 5.75 Å². The zero-order valence-corrected chi connectivity index (χ0v) is 16.2. The topological polar surface area (TPSA) is 91.0 Å². The van der Waals surface area contributed by atoms with E-state index in [1.807, 2.05) is 20.8 Å². The quantitative estimate of drug-likeness (QED) is 0.740. The van der Waals surface area contributed by atoms with Gasteiger partial charge in [-0.3, -0.25) is 14.2 Å². The van der Waals surface area contributed by atoms with Gasteiger partial charge in [0.05, 0.1) is 24.5 Å². The van der Waals surface area contributed by atoms with E-state index in [0.29, 0.717) is 27.5 Å². The van der Waals surface area contributed by atoms with Crippen LogP contribution in [0.15, 0.2) is 35.5 Å². The minimum Gasteiger partial charge on any atom is -0.495 e. The Morgan fingerprint density at radius 1 is 1.33 bits per heavy atom. The number of anilines is 1. The van der Waals surface area contributed by atoms with E-state index in [9.17, 15) is 9.59 Å². The number of rotatable bonds is 4. The van der Waals surface area contributed by atoms with Crippen molar-refractivity contribution in [2.24, 2.45) is 0 Å². The number of aromatic nitrogens is 4. The second-order valence-electron chi connectivity index (χ2n) is 7.03. The fraction of sp³-hybridized carbons (Fsp3) is 0.333. The fourth-order valence-electron chi connectivity index (χ4n) is 2.67. The van der Waals surface area contributed by atoms with Crippen molar-refractivity contribution in [3.8, 4) is 5.75 Å². The second kappa shape index (κ2) is 7.03. The molecule has 2 heterocycles. The van der Waals surface area contributed by atoms with Crippen LogP contribution in [0.2, 0.25) is 5.02 Å². The van der Waals surface area contributed by atoms with Crippen LogP contribution >= 0.6 is 11.6 Å². The minimum atomic E-state index is -0.401. The first-order chi connectivity index (χ1) is 12.7. The van der Waals surface area contributed by atoms with Gasteiger partial charge in [0.2, 0.25) is 5.91 Å². The predicted octanol–water partition coefficient (Wildman–Crippen LogP) is 2.65. The third kappa shape index (κ3) is 3.80. The van der Waals surface area contributed by atoms with Crippen LogP contribution in [-0.2, 0) is 16.9 Å². The molecule has 0 bridgehead atoms. The molecule has 0 aliphatic heterocycles. The maximum absolute atomic E-state index is 12.7. The molecule has 27 heavy (non-hydrogen) atoms. The SMILES string of the molecule is COc1ccc(Cl)cc1NC(=O)Cn1cnc2c(cnn2C(C)(C)C)c1=O. The van der Waals surface area contributed by atoms with Gasteiger partial charge in [0.25, 0.3) is 5.56 Å². The van der Waals surface area contributed by atoms with Gasteiger partial charge in [0.1, 0.15) is 24.0 Å². The summed E-state index contributed by atoms with van der Waals surface area (Å²) < 4.78 is 8.13. The summed E-state index contributed by atoms with van der Waals surface area (Å²) in [7, 11) is 1.49. The standard InChI is InChI=1S/C18H20ClN5O3/c1-18(2,3)24-16-12(8-21-24)17(26)23(10-20-16)9-15(25)22-13-7-11(19)5-6-14(13)27-4/h5-8,10H,9H2,1-4H3,(H,22,25). The van der Waals surface area contributed by atoms with Crippen molar-refractivity contribution in [3.05, 3.63) is 46.1 Å². The molecule has 0 aliphatic rings. The maximum atomic E-state index is 12.7. The summed E-state index contributed by atoms with van der Waals surface area (Å²) in [5, 5.41) is 7.78. The molecule has 9 heteroatoms. The summed E-state index contributed by atoms with van der Waals surface area (Å²) in [6.07, 6.45) is 2.83. The Hall–Kier alpha value is -2.87. The number of nitrogens with zero attached hydrogens (tertiary/aromatic N) is 4. The van der Waals surface area contributed by atoms with Crippen molar-refractivity contribution in [1.29, 1.82) is 0 Å². The lowest BCUT2D eigenvalue weighted by molar-refractivity contribution is -0.116. The number of methoxy groups -OCH3 is 1. The molecule has 0 atom stereocenters. The van der Waals surface area contributed by atoms with Crippen LogP contribution < -0.4 is 15.6 Å². The van der Waals surface area contributed by atoms with Gasteiger partial charge in [-0.15, -0.1) is 0 Å². The first-order valence-electron chi connectivity index (χ1n) is 8.28. The van der Waals surface area contributed by atoms with Crippen molar-refractivity contribution in [2.45, 2.75) is 32.9 Å². The summed E-state index contributed by atoms with van der Waals surface area (Å²) in [6, 6.07) is 4.89. The van der Waals surface area contributed by atoms with Gasteiger partial charge >= 0.3 is 0 Å². The van der Waals surface area contributed by atoms with Crippen LogP contribution in [0, 0.1) is 0 Å². The van der Waals surface area contributed by atoms with E-state index in [0.717, 1.165) is 0 Å². The highest BCUT2D eigenvalue weighted by atomic mass is 35.5. The Bertz CT molecular complexity index is 1070. The molecule has 0 aliphatic carbocycles. The van der Waals surface area contributed by atoms with E-state index in [4.69, 9.17) is 16.3 Å². The normalized spacial score (nSPS) is 11.6. The summed E-state index contributed by atoms with van der Waals surface area (Å²) in [6.45, 7) is 5.72. The lowest BCUT2D eigenvalue weighted by Crippen LogP contribution is -2.29. The molecule has 0 fully saturated rings. The van der Waals surface area contributed by atoms with Crippen molar-refractivity contribution in [3.63, 3.8) is 0 Å². The Morgan fingerprint density at radius 2 is 2.07 bits per heavy atom. The van der Waals surface area contributed by atoms with Crippen molar-refractivity contribution in [1.82, 2.24) is 19.3 Å². The lowest BCUT2D eigenvalue weighted by Gasteiger charge is -2.19. The van der Waals surface area contributed by atoms with E-state index >= 15 is 0 Å². The molecule has 1 N–H and O–H groups in total. The van der Waals surface area contributed by atoms with Gasteiger partial charge < -0.3 is 10.1 Å². The highest BCUT2D eigenvalue weighted by molar-refractivity contribution is 6.31. The Kier molecular flexibility index (Phi) is 4.93. The highest BCUT2D eigenvalue weighted by Gasteiger charge is 2.20. The van der Waals surface area contributed by atoms with Gasteiger partial charge in [-0.2, -0.15) is 5.10 Å². The molecular formula is C18H20ClN5O3. The number of hydrogen-bond acceptors (Lipinski definition) is 5. The number of benzene rings is 1. The van der Waals surface area contributed by atoms with E-state index < -0.39 is 5.91 Å². The van der Waals surface area contributed by atoms with Crippen LogP contribution in [0.4, 0.5) is 5.69 Å². The van der Waals surface area contributed by atoms with Crippen molar-refractivity contribution in [2.75, 3.05) is 12.4 Å². The van der Waals surface area contributed by atoms with Gasteiger partial charge in [-0.25, -0.2) is 9.67 Å². The molecule has 0 spiro atoms. The molecule has 1 aromatic carbocycles. The van der Waals surface area contributed by atoms with E-state index in [2.05, 4.69) is 15.4 Å². The maximum Gasteiger partial charge on any atom is 0.264 e. The molecule has 0 radical (unpaired) electrons. The highest BCUT2D eigenvalue weighted by Crippen LogP contribution is 2.27. The Morgan fingerprint density at radius 3 is 2.74 bits per heavy atom. The molecule has 1 amide bonds.